The van der Waals surface area contributed by atoms with E-state index in [1.165, 1.54) is 31.1 Å². The van der Waals surface area contributed by atoms with Crippen molar-refractivity contribution in [1.29, 1.82) is 0 Å². The molecule has 0 amide bonds. The van der Waals surface area contributed by atoms with E-state index in [1.807, 2.05) is 0 Å². The molecule has 20 heavy (non-hydrogen) atoms. The minimum absolute atomic E-state index is 0.627. The van der Waals surface area contributed by atoms with E-state index < -0.39 is 0 Å². The highest BCUT2D eigenvalue weighted by Crippen LogP contribution is 2.31. The first-order valence-corrected chi connectivity index (χ1v) is 7.64. The van der Waals surface area contributed by atoms with Gasteiger partial charge in [0.25, 0.3) is 0 Å². The number of rotatable bonds is 2. The van der Waals surface area contributed by atoms with Gasteiger partial charge in [-0.05, 0) is 43.9 Å². The minimum atomic E-state index is 0.627. The van der Waals surface area contributed by atoms with Gasteiger partial charge in [0.2, 0.25) is 0 Å². The molecule has 2 unspecified atom stereocenters. The van der Waals surface area contributed by atoms with Crippen molar-refractivity contribution in [3.05, 3.63) is 36.4 Å². The first-order valence-electron chi connectivity index (χ1n) is 7.64. The molecule has 2 atom stereocenters. The van der Waals surface area contributed by atoms with Crippen LogP contribution in [-0.4, -0.2) is 30.2 Å². The van der Waals surface area contributed by atoms with Crippen LogP contribution < -0.4 is 10.2 Å². The molecule has 0 saturated carbocycles. The third kappa shape index (κ3) is 2.06. The number of nitrogens with one attached hydrogen (secondary N) is 1. The Morgan fingerprint density at radius 2 is 1.80 bits per heavy atom. The average molecular weight is 267 g/mol. The molecule has 2 bridgehead atoms. The fourth-order valence-corrected chi connectivity index (χ4v) is 3.78. The highest BCUT2D eigenvalue weighted by Gasteiger charge is 2.35. The molecule has 0 aliphatic carbocycles. The number of fused-ring (bicyclic) bond motifs is 3. The van der Waals surface area contributed by atoms with E-state index >= 15 is 0 Å². The molecule has 3 nitrogen and oxygen atoms in total. The molecule has 2 saturated heterocycles. The molecule has 2 aromatic rings. The van der Waals surface area contributed by atoms with E-state index in [2.05, 4.69) is 53.7 Å². The lowest BCUT2D eigenvalue weighted by Crippen LogP contribution is -2.47. The van der Waals surface area contributed by atoms with Crippen molar-refractivity contribution in [2.75, 3.05) is 11.9 Å². The van der Waals surface area contributed by atoms with Crippen molar-refractivity contribution in [2.45, 2.75) is 43.8 Å². The van der Waals surface area contributed by atoms with Gasteiger partial charge in [-0.3, -0.25) is 0 Å². The molecule has 1 aromatic carbocycles. The van der Waals surface area contributed by atoms with Crippen molar-refractivity contribution in [1.82, 2.24) is 10.3 Å². The van der Waals surface area contributed by atoms with Crippen LogP contribution in [0.5, 0.6) is 0 Å². The number of pyridine rings is 1. The maximum atomic E-state index is 4.83. The Morgan fingerprint density at radius 3 is 2.60 bits per heavy atom. The van der Waals surface area contributed by atoms with Gasteiger partial charge < -0.3 is 10.2 Å². The van der Waals surface area contributed by atoms with Crippen molar-refractivity contribution in [3.8, 4) is 0 Å². The zero-order chi connectivity index (χ0) is 13.5. The smallest absolute Gasteiger partial charge is 0.129 e. The second-order valence-corrected chi connectivity index (χ2v) is 6.24. The van der Waals surface area contributed by atoms with E-state index in [9.17, 15) is 0 Å². The molecule has 3 heterocycles. The molecule has 3 heteroatoms. The van der Waals surface area contributed by atoms with E-state index in [1.54, 1.807) is 0 Å². The van der Waals surface area contributed by atoms with Crippen molar-refractivity contribution >= 4 is 16.7 Å². The van der Waals surface area contributed by atoms with E-state index in [-0.39, 0.29) is 0 Å². The van der Waals surface area contributed by atoms with Gasteiger partial charge in [-0.1, -0.05) is 18.2 Å². The Labute approximate surface area is 120 Å². The molecule has 0 spiro atoms. The van der Waals surface area contributed by atoms with Crippen LogP contribution in [0.4, 0.5) is 5.82 Å². The van der Waals surface area contributed by atoms with Crippen LogP contribution in [0.3, 0.4) is 0 Å². The lowest BCUT2D eigenvalue weighted by atomic mass is 9.98. The molecule has 2 fully saturated rings. The lowest BCUT2D eigenvalue weighted by molar-refractivity contribution is 0.354. The van der Waals surface area contributed by atoms with Gasteiger partial charge >= 0.3 is 0 Å². The first kappa shape index (κ1) is 12.2. The van der Waals surface area contributed by atoms with Gasteiger partial charge in [-0.25, -0.2) is 4.98 Å². The molecule has 4 rings (SSSR count). The number of benzene rings is 1. The lowest BCUT2D eigenvalue weighted by Gasteiger charge is -2.36. The summed E-state index contributed by atoms with van der Waals surface area (Å²) in [7, 11) is 2.20. The molecule has 1 aromatic heterocycles. The van der Waals surface area contributed by atoms with E-state index in [0.29, 0.717) is 6.04 Å². The Kier molecular flexibility index (Phi) is 2.88. The zero-order valence-electron chi connectivity index (χ0n) is 11.9. The fraction of sp³-hybridized carbons (Fsp3) is 0.471. The van der Waals surface area contributed by atoms with Crippen molar-refractivity contribution in [3.63, 3.8) is 0 Å². The second-order valence-electron chi connectivity index (χ2n) is 6.24. The summed E-state index contributed by atoms with van der Waals surface area (Å²) in [6.07, 6.45) is 5.20. The highest BCUT2D eigenvalue weighted by atomic mass is 15.2. The van der Waals surface area contributed by atoms with Crippen LogP contribution >= 0.6 is 0 Å². The molecule has 0 radical (unpaired) electrons. The summed E-state index contributed by atoms with van der Waals surface area (Å²) in [5.74, 6) is 1.11. The fourth-order valence-electron chi connectivity index (χ4n) is 3.78. The summed E-state index contributed by atoms with van der Waals surface area (Å²) >= 11 is 0. The quantitative estimate of drug-likeness (QED) is 0.906. The number of para-hydroxylation sites is 1. The Bertz CT molecular complexity index is 612. The third-order valence-electron chi connectivity index (χ3n) is 4.94. The normalized spacial score (nSPS) is 28.8. The van der Waals surface area contributed by atoms with Gasteiger partial charge in [-0.2, -0.15) is 0 Å². The third-order valence-corrected chi connectivity index (χ3v) is 4.94. The standard InChI is InChI=1S/C17H21N3/c1-20(15-10-13-7-8-14(11-15)18-13)17-9-6-12-4-2-3-5-16(12)19-17/h2-6,9,13-15,18H,7-8,10-11H2,1H3. The van der Waals surface area contributed by atoms with E-state index in [0.717, 1.165) is 23.4 Å². The summed E-state index contributed by atoms with van der Waals surface area (Å²) in [6.45, 7) is 0. The monoisotopic (exact) mass is 267 g/mol. The molecular formula is C17H21N3. The molecule has 2 aliphatic rings. The maximum absolute atomic E-state index is 4.83. The summed E-state index contributed by atoms with van der Waals surface area (Å²) in [4.78, 5) is 7.21. The van der Waals surface area contributed by atoms with Crippen LogP contribution in [0.15, 0.2) is 36.4 Å². The summed E-state index contributed by atoms with van der Waals surface area (Å²) in [6, 6.07) is 14.8. The summed E-state index contributed by atoms with van der Waals surface area (Å²) < 4.78 is 0. The van der Waals surface area contributed by atoms with Crippen LogP contribution in [0.2, 0.25) is 0 Å². The predicted octanol–water partition coefficient (Wildman–Crippen LogP) is 2.95. The molecule has 1 N–H and O–H groups in total. The van der Waals surface area contributed by atoms with Crippen LogP contribution in [-0.2, 0) is 0 Å². The van der Waals surface area contributed by atoms with Crippen LogP contribution in [0, 0.1) is 0 Å². The largest absolute Gasteiger partial charge is 0.357 e. The van der Waals surface area contributed by atoms with Gasteiger partial charge in [0.1, 0.15) is 5.82 Å². The van der Waals surface area contributed by atoms with Gasteiger partial charge in [0.05, 0.1) is 5.52 Å². The Hall–Kier alpha value is -1.61. The number of hydrogen-bond acceptors (Lipinski definition) is 3. The van der Waals surface area contributed by atoms with Gasteiger partial charge in [0.15, 0.2) is 0 Å². The van der Waals surface area contributed by atoms with E-state index in [4.69, 9.17) is 4.98 Å². The van der Waals surface area contributed by atoms with Crippen molar-refractivity contribution < 1.29 is 0 Å². The summed E-state index contributed by atoms with van der Waals surface area (Å²) in [5.41, 5.74) is 1.09. The maximum Gasteiger partial charge on any atom is 0.129 e. The number of nitrogens with zero attached hydrogens (tertiary/aromatic N) is 2. The zero-order valence-corrected chi connectivity index (χ0v) is 11.9. The van der Waals surface area contributed by atoms with Crippen molar-refractivity contribution in [2.24, 2.45) is 0 Å². The van der Waals surface area contributed by atoms with Crippen LogP contribution in [0.25, 0.3) is 10.9 Å². The number of anilines is 1. The minimum Gasteiger partial charge on any atom is -0.357 e. The van der Waals surface area contributed by atoms with Gasteiger partial charge in [0, 0.05) is 30.6 Å². The van der Waals surface area contributed by atoms with Crippen LogP contribution in [0.1, 0.15) is 25.7 Å². The number of aromatic nitrogens is 1. The summed E-state index contributed by atoms with van der Waals surface area (Å²) in [5, 5.41) is 4.93. The topological polar surface area (TPSA) is 28.2 Å². The highest BCUT2D eigenvalue weighted by molar-refractivity contribution is 5.80. The molecular weight excluding hydrogens is 246 g/mol. The number of piperidine rings is 1. The SMILES string of the molecule is CN(c1ccc2ccccc2n1)C1CC2CCC(C1)N2. The molecule has 104 valence electrons. The second kappa shape index (κ2) is 4.74. The Morgan fingerprint density at radius 1 is 1.05 bits per heavy atom. The molecule has 2 aliphatic heterocycles. The predicted molar refractivity (Wildman–Crippen MR) is 83.1 cm³/mol. The number of hydrogen-bond donors (Lipinski definition) is 1. The van der Waals surface area contributed by atoms with Gasteiger partial charge in [-0.15, -0.1) is 0 Å². The first-order chi connectivity index (χ1) is 9.79. The average Bonchev–Trinajstić information content (AvgIpc) is 2.84. The Balaban J connectivity index is 1.61.